The number of alkyl halides is 3. The molecule has 0 saturated heterocycles. The molecule has 0 bridgehead atoms. The number of hydrogen-bond acceptors (Lipinski definition) is 7. The van der Waals surface area contributed by atoms with Gasteiger partial charge in [0, 0.05) is 37.4 Å². The van der Waals surface area contributed by atoms with Gasteiger partial charge in [-0.1, -0.05) is 6.07 Å². The maximum atomic E-state index is 13.5. The first-order valence-corrected chi connectivity index (χ1v) is 11.5. The maximum Gasteiger partial charge on any atom is 0.419 e. The van der Waals surface area contributed by atoms with E-state index in [-0.39, 0.29) is 11.3 Å². The number of methoxy groups -OCH3 is 1. The van der Waals surface area contributed by atoms with Gasteiger partial charge in [-0.25, -0.2) is 14.8 Å². The molecule has 5 aromatic rings. The summed E-state index contributed by atoms with van der Waals surface area (Å²) in [5.41, 5.74) is 7.56. The number of pyridine rings is 3. The Bertz CT molecular complexity index is 1740. The van der Waals surface area contributed by atoms with Gasteiger partial charge in [0.15, 0.2) is 0 Å². The summed E-state index contributed by atoms with van der Waals surface area (Å²) in [6.07, 6.45) is -1.77. The number of aryl methyl sites for hydroxylation is 2. The van der Waals surface area contributed by atoms with E-state index in [2.05, 4.69) is 15.0 Å². The zero-order valence-electron chi connectivity index (χ0n) is 20.7. The van der Waals surface area contributed by atoms with Crippen molar-refractivity contribution in [3.05, 3.63) is 70.5 Å². The predicted octanol–water partition coefficient (Wildman–Crippen LogP) is 4.27. The van der Waals surface area contributed by atoms with Crippen LogP contribution in [-0.4, -0.2) is 44.4 Å². The number of nitrogen functional groups attached to an aromatic ring is 1. The van der Waals surface area contributed by atoms with E-state index in [0.717, 1.165) is 6.07 Å². The molecule has 4 heterocycles. The van der Waals surface area contributed by atoms with Crippen LogP contribution in [0.1, 0.15) is 11.3 Å². The van der Waals surface area contributed by atoms with Gasteiger partial charge in [0.25, 0.3) is 0 Å². The predicted molar refractivity (Wildman–Crippen MR) is 136 cm³/mol. The Morgan fingerprint density at radius 2 is 1.82 bits per heavy atom. The Balaban J connectivity index is 1.71. The molecule has 0 aliphatic carbocycles. The molecule has 0 radical (unpaired) electrons. The quantitative estimate of drug-likeness (QED) is 0.331. The van der Waals surface area contributed by atoms with E-state index in [1.807, 2.05) is 0 Å². The molecule has 0 fully saturated rings. The summed E-state index contributed by atoms with van der Waals surface area (Å²) in [4.78, 5) is 26.1. The number of imidazole rings is 1. The van der Waals surface area contributed by atoms with Gasteiger partial charge in [0.05, 0.1) is 46.3 Å². The first-order chi connectivity index (χ1) is 18.1. The number of fused-ring (bicyclic) bond motifs is 3. The minimum atomic E-state index is -4.65. The van der Waals surface area contributed by atoms with Crippen molar-refractivity contribution in [2.24, 2.45) is 7.05 Å². The number of nitrogens with zero attached hydrogens (tertiary/aromatic N) is 5. The molecular weight excluding hydrogens is 501 g/mol. The highest BCUT2D eigenvalue weighted by Crippen LogP contribution is 2.36. The van der Waals surface area contributed by atoms with Crippen molar-refractivity contribution < 1.29 is 22.6 Å². The monoisotopic (exact) mass is 524 g/mol. The second-order valence-corrected chi connectivity index (χ2v) is 8.65. The van der Waals surface area contributed by atoms with Crippen LogP contribution in [0.25, 0.3) is 38.8 Å². The van der Waals surface area contributed by atoms with Crippen molar-refractivity contribution in [1.29, 1.82) is 0 Å². The number of ether oxygens (including phenoxy) is 2. The van der Waals surface area contributed by atoms with Crippen molar-refractivity contribution in [3.63, 3.8) is 0 Å². The number of benzene rings is 1. The summed E-state index contributed by atoms with van der Waals surface area (Å²) >= 11 is 0. The average molecular weight is 525 g/mol. The van der Waals surface area contributed by atoms with E-state index in [4.69, 9.17) is 15.2 Å². The van der Waals surface area contributed by atoms with Gasteiger partial charge >= 0.3 is 11.9 Å². The van der Waals surface area contributed by atoms with E-state index in [1.54, 1.807) is 57.6 Å². The molecule has 0 amide bonds. The molecule has 1 aromatic carbocycles. The summed E-state index contributed by atoms with van der Waals surface area (Å²) in [5.74, 6) is -0.206. The Kier molecular flexibility index (Phi) is 6.27. The highest BCUT2D eigenvalue weighted by Gasteiger charge is 2.34. The molecule has 9 nitrogen and oxygen atoms in total. The molecule has 12 heteroatoms. The number of aromatic nitrogens is 5. The zero-order chi connectivity index (χ0) is 27.2. The van der Waals surface area contributed by atoms with Gasteiger partial charge in [-0.3, -0.25) is 14.1 Å². The number of nitrogens with two attached hydrogens (primary N) is 1. The highest BCUT2D eigenvalue weighted by atomic mass is 19.4. The lowest BCUT2D eigenvalue weighted by Crippen LogP contribution is -2.21. The summed E-state index contributed by atoms with van der Waals surface area (Å²) in [5, 5.41) is 0.572. The lowest BCUT2D eigenvalue weighted by atomic mass is 10.0. The van der Waals surface area contributed by atoms with Crippen LogP contribution in [0.4, 0.5) is 19.0 Å². The molecule has 0 atom stereocenters. The fraction of sp³-hybridized carbons (Fsp3) is 0.231. The van der Waals surface area contributed by atoms with Crippen LogP contribution in [0.3, 0.4) is 0 Å². The van der Waals surface area contributed by atoms with Crippen LogP contribution < -0.4 is 16.2 Å². The van der Waals surface area contributed by atoms with Crippen LogP contribution in [0.5, 0.6) is 5.88 Å². The molecule has 0 spiro atoms. The lowest BCUT2D eigenvalue weighted by Gasteiger charge is -2.13. The molecule has 0 saturated carbocycles. The first kappa shape index (κ1) is 25.2. The fourth-order valence-electron chi connectivity index (χ4n) is 4.34. The van der Waals surface area contributed by atoms with E-state index in [0.29, 0.717) is 58.0 Å². The largest absolute Gasteiger partial charge is 0.475 e. The zero-order valence-corrected chi connectivity index (χ0v) is 20.7. The molecule has 38 heavy (non-hydrogen) atoms. The van der Waals surface area contributed by atoms with Crippen LogP contribution in [0, 0.1) is 6.92 Å². The van der Waals surface area contributed by atoms with Crippen molar-refractivity contribution in [3.8, 4) is 22.7 Å². The van der Waals surface area contributed by atoms with E-state index in [1.165, 1.54) is 15.3 Å². The number of halogens is 3. The third-order valence-electron chi connectivity index (χ3n) is 6.25. The van der Waals surface area contributed by atoms with Gasteiger partial charge in [0.2, 0.25) is 5.88 Å². The minimum absolute atomic E-state index is 0.227. The molecule has 0 aliphatic rings. The lowest BCUT2D eigenvalue weighted by molar-refractivity contribution is -0.137. The van der Waals surface area contributed by atoms with Crippen molar-refractivity contribution in [2.75, 3.05) is 26.1 Å². The molecule has 4 aromatic heterocycles. The summed E-state index contributed by atoms with van der Waals surface area (Å²) in [6, 6.07) is 9.40. The molecule has 196 valence electrons. The third-order valence-corrected chi connectivity index (χ3v) is 6.25. The number of hydrogen-bond donors (Lipinski definition) is 1. The van der Waals surface area contributed by atoms with Crippen molar-refractivity contribution in [1.82, 2.24) is 24.1 Å². The highest BCUT2D eigenvalue weighted by molar-refractivity contribution is 6.04. The Hall–Kier alpha value is -4.45. The molecular formula is C26H23F3N6O3. The topological polar surface area (TPSA) is 110 Å². The van der Waals surface area contributed by atoms with Crippen LogP contribution in [0.15, 0.2) is 53.6 Å². The minimum Gasteiger partial charge on any atom is -0.475 e. The second kappa shape index (κ2) is 9.45. The first-order valence-electron chi connectivity index (χ1n) is 11.5. The van der Waals surface area contributed by atoms with Gasteiger partial charge in [0.1, 0.15) is 12.4 Å². The van der Waals surface area contributed by atoms with Crippen molar-refractivity contribution in [2.45, 2.75) is 13.1 Å². The van der Waals surface area contributed by atoms with Gasteiger partial charge < -0.3 is 15.2 Å². The van der Waals surface area contributed by atoms with Crippen LogP contribution in [0.2, 0.25) is 0 Å². The Morgan fingerprint density at radius 1 is 1.03 bits per heavy atom. The SMILES string of the molecule is COCCOc1ccc(-n2c(=O)n(C)c3cnc4ccc(-c5cnc(N)c(C(F)(F)F)c5)cc4c32)c(C)n1. The normalized spacial score (nSPS) is 11.9. The van der Waals surface area contributed by atoms with Crippen LogP contribution in [-0.2, 0) is 18.0 Å². The number of rotatable bonds is 6. The second-order valence-electron chi connectivity index (χ2n) is 8.65. The molecule has 0 aliphatic heterocycles. The van der Waals surface area contributed by atoms with Gasteiger partial charge in [-0.05, 0) is 36.8 Å². The fourth-order valence-corrected chi connectivity index (χ4v) is 4.34. The van der Waals surface area contributed by atoms with Crippen LogP contribution >= 0.6 is 0 Å². The van der Waals surface area contributed by atoms with Gasteiger partial charge in [-0.2, -0.15) is 13.2 Å². The molecule has 0 unspecified atom stereocenters. The molecule has 2 N–H and O–H groups in total. The summed E-state index contributed by atoms with van der Waals surface area (Å²) < 4.78 is 53.9. The summed E-state index contributed by atoms with van der Waals surface area (Å²) in [7, 11) is 3.20. The Morgan fingerprint density at radius 3 is 2.53 bits per heavy atom. The van der Waals surface area contributed by atoms with E-state index >= 15 is 0 Å². The Labute approximate surface area is 214 Å². The van der Waals surface area contributed by atoms with E-state index in [9.17, 15) is 18.0 Å². The number of anilines is 1. The van der Waals surface area contributed by atoms with Gasteiger partial charge in [-0.15, -0.1) is 0 Å². The third kappa shape index (κ3) is 4.32. The molecule has 5 rings (SSSR count). The summed E-state index contributed by atoms with van der Waals surface area (Å²) in [6.45, 7) is 2.49. The average Bonchev–Trinajstić information content (AvgIpc) is 3.14. The van der Waals surface area contributed by atoms with Crippen molar-refractivity contribution >= 4 is 27.8 Å². The maximum absolute atomic E-state index is 13.5. The smallest absolute Gasteiger partial charge is 0.419 e. The van der Waals surface area contributed by atoms with E-state index < -0.39 is 17.6 Å². The standard InChI is InChI=1S/C26H23F3N6O3/c1-14-20(6-7-22(33-14)38-9-8-37-3)35-23-17-10-15(16-11-18(26(27,28)29)24(30)32-12-16)4-5-19(17)31-13-21(23)34(2)25(35)36/h4-7,10-13H,8-9H2,1-3H3,(H2,30,32).